The molecule has 1 fully saturated rings. The second-order valence-corrected chi connectivity index (χ2v) is 7.00. The van der Waals surface area contributed by atoms with Crippen molar-refractivity contribution in [3.8, 4) is 0 Å². The van der Waals surface area contributed by atoms with E-state index in [2.05, 4.69) is 5.32 Å². The number of aryl methyl sites for hydroxylation is 4. The van der Waals surface area contributed by atoms with Gasteiger partial charge in [-0.3, -0.25) is 9.59 Å². The Bertz CT molecular complexity index is 842. The van der Waals surface area contributed by atoms with Crippen LogP contribution in [0.5, 0.6) is 0 Å². The van der Waals surface area contributed by atoms with Gasteiger partial charge in [0.25, 0.3) is 0 Å². The van der Waals surface area contributed by atoms with Crippen molar-refractivity contribution in [3.05, 3.63) is 58.7 Å². The lowest BCUT2D eigenvalue weighted by molar-refractivity contribution is -0.122. The molecule has 1 aliphatic rings. The molecule has 0 saturated carbocycles. The van der Waals surface area contributed by atoms with E-state index in [1.807, 2.05) is 64.1 Å². The standard InChI is InChI=1S/C21H24N2O2/c1-13-6-8-18(16(4)9-13)22-21(25)17-11-20(24)23(12-17)19-10-14(2)5-7-15(19)3/h5-10,17H,11-12H2,1-4H3,(H,22,25)/t17-/m0/s1. The van der Waals surface area contributed by atoms with Gasteiger partial charge in [-0.2, -0.15) is 0 Å². The average molecular weight is 336 g/mol. The van der Waals surface area contributed by atoms with Gasteiger partial charge in [0, 0.05) is 24.3 Å². The molecule has 3 rings (SSSR count). The van der Waals surface area contributed by atoms with E-state index < -0.39 is 0 Å². The van der Waals surface area contributed by atoms with Gasteiger partial charge in [0.05, 0.1) is 5.92 Å². The molecule has 4 heteroatoms. The largest absolute Gasteiger partial charge is 0.326 e. The number of hydrogen-bond acceptors (Lipinski definition) is 2. The lowest BCUT2D eigenvalue weighted by Gasteiger charge is -2.20. The number of carbonyl (C=O) groups excluding carboxylic acids is 2. The summed E-state index contributed by atoms with van der Waals surface area (Å²) in [5.74, 6) is -0.407. The number of amides is 2. The zero-order valence-corrected chi connectivity index (χ0v) is 15.2. The zero-order valence-electron chi connectivity index (χ0n) is 15.2. The van der Waals surface area contributed by atoms with E-state index in [0.29, 0.717) is 6.54 Å². The Balaban J connectivity index is 1.75. The fraction of sp³-hybridized carbons (Fsp3) is 0.333. The molecule has 1 aliphatic heterocycles. The van der Waals surface area contributed by atoms with E-state index in [4.69, 9.17) is 0 Å². The fourth-order valence-electron chi connectivity index (χ4n) is 3.31. The molecule has 0 unspecified atom stereocenters. The van der Waals surface area contributed by atoms with E-state index in [9.17, 15) is 9.59 Å². The van der Waals surface area contributed by atoms with E-state index >= 15 is 0 Å². The molecule has 130 valence electrons. The van der Waals surface area contributed by atoms with Crippen LogP contribution in [-0.2, 0) is 9.59 Å². The fourth-order valence-corrected chi connectivity index (χ4v) is 3.31. The van der Waals surface area contributed by atoms with Crippen LogP contribution in [0, 0.1) is 33.6 Å². The summed E-state index contributed by atoms with van der Waals surface area (Å²) in [6.45, 7) is 8.43. The summed E-state index contributed by atoms with van der Waals surface area (Å²) in [6.07, 6.45) is 0.254. The Labute approximate surface area is 148 Å². The maximum Gasteiger partial charge on any atom is 0.229 e. The highest BCUT2D eigenvalue weighted by atomic mass is 16.2. The number of nitrogens with one attached hydrogen (secondary N) is 1. The lowest BCUT2D eigenvalue weighted by Crippen LogP contribution is -2.28. The Morgan fingerprint density at radius 2 is 1.68 bits per heavy atom. The predicted molar refractivity (Wildman–Crippen MR) is 101 cm³/mol. The molecule has 2 aromatic carbocycles. The number of carbonyl (C=O) groups is 2. The summed E-state index contributed by atoms with van der Waals surface area (Å²) in [7, 11) is 0. The van der Waals surface area contributed by atoms with Gasteiger partial charge in [0.2, 0.25) is 11.8 Å². The van der Waals surface area contributed by atoms with Crippen LogP contribution >= 0.6 is 0 Å². The molecule has 1 heterocycles. The van der Waals surface area contributed by atoms with Crippen molar-refractivity contribution in [2.24, 2.45) is 5.92 Å². The summed E-state index contributed by atoms with van der Waals surface area (Å²) in [5.41, 5.74) is 6.07. The van der Waals surface area contributed by atoms with E-state index in [1.165, 1.54) is 0 Å². The van der Waals surface area contributed by atoms with Crippen LogP contribution < -0.4 is 10.2 Å². The maximum atomic E-state index is 12.6. The monoisotopic (exact) mass is 336 g/mol. The second kappa shape index (κ2) is 6.71. The third kappa shape index (κ3) is 3.58. The van der Waals surface area contributed by atoms with Gasteiger partial charge in [0.15, 0.2) is 0 Å². The molecule has 2 amide bonds. The zero-order chi connectivity index (χ0) is 18.1. The molecular formula is C21H24N2O2. The first-order chi connectivity index (χ1) is 11.8. The van der Waals surface area contributed by atoms with Crippen molar-refractivity contribution < 1.29 is 9.59 Å². The Morgan fingerprint density at radius 1 is 1.00 bits per heavy atom. The van der Waals surface area contributed by atoms with Crippen molar-refractivity contribution in [1.29, 1.82) is 0 Å². The molecule has 0 bridgehead atoms. The van der Waals surface area contributed by atoms with Crippen molar-refractivity contribution in [2.75, 3.05) is 16.8 Å². The SMILES string of the molecule is Cc1ccc(NC(=O)[C@H]2CC(=O)N(c3cc(C)ccc3C)C2)c(C)c1. The van der Waals surface area contributed by atoms with Crippen LogP contribution in [0.4, 0.5) is 11.4 Å². The van der Waals surface area contributed by atoms with Gasteiger partial charge in [-0.25, -0.2) is 0 Å². The molecular weight excluding hydrogens is 312 g/mol. The molecule has 4 nitrogen and oxygen atoms in total. The second-order valence-electron chi connectivity index (χ2n) is 7.00. The molecule has 0 spiro atoms. The quantitative estimate of drug-likeness (QED) is 0.924. The van der Waals surface area contributed by atoms with E-state index in [-0.39, 0.29) is 24.2 Å². The number of nitrogens with zero attached hydrogens (tertiary/aromatic N) is 1. The van der Waals surface area contributed by atoms with Gasteiger partial charge in [-0.15, -0.1) is 0 Å². The minimum atomic E-state index is -0.326. The molecule has 2 aromatic rings. The van der Waals surface area contributed by atoms with E-state index in [0.717, 1.165) is 33.6 Å². The highest BCUT2D eigenvalue weighted by Crippen LogP contribution is 2.29. The van der Waals surface area contributed by atoms with Crippen LogP contribution in [-0.4, -0.2) is 18.4 Å². The topological polar surface area (TPSA) is 49.4 Å². The molecule has 1 N–H and O–H groups in total. The van der Waals surface area contributed by atoms with Gasteiger partial charge < -0.3 is 10.2 Å². The minimum Gasteiger partial charge on any atom is -0.326 e. The summed E-state index contributed by atoms with van der Waals surface area (Å²) >= 11 is 0. The van der Waals surface area contributed by atoms with E-state index in [1.54, 1.807) is 4.90 Å². The number of rotatable bonds is 3. The average Bonchev–Trinajstić information content (AvgIpc) is 2.94. The highest BCUT2D eigenvalue weighted by Gasteiger charge is 2.35. The molecule has 0 aliphatic carbocycles. The van der Waals surface area contributed by atoms with Crippen LogP contribution in [0.1, 0.15) is 28.7 Å². The molecule has 0 aromatic heterocycles. The third-order valence-corrected chi connectivity index (χ3v) is 4.79. The smallest absolute Gasteiger partial charge is 0.229 e. The third-order valence-electron chi connectivity index (χ3n) is 4.79. The van der Waals surface area contributed by atoms with Crippen LogP contribution in [0.15, 0.2) is 36.4 Å². The molecule has 1 saturated heterocycles. The number of benzene rings is 2. The summed E-state index contributed by atoms with van der Waals surface area (Å²) < 4.78 is 0. The minimum absolute atomic E-state index is 0.00878. The highest BCUT2D eigenvalue weighted by molar-refractivity contribution is 6.04. The molecule has 25 heavy (non-hydrogen) atoms. The Morgan fingerprint density at radius 3 is 2.40 bits per heavy atom. The maximum absolute atomic E-state index is 12.6. The summed E-state index contributed by atoms with van der Waals surface area (Å²) in [4.78, 5) is 26.8. The van der Waals surface area contributed by atoms with Crippen molar-refractivity contribution in [2.45, 2.75) is 34.1 Å². The van der Waals surface area contributed by atoms with Crippen molar-refractivity contribution >= 4 is 23.2 Å². The summed E-state index contributed by atoms with van der Waals surface area (Å²) in [5, 5.41) is 2.98. The van der Waals surface area contributed by atoms with Crippen LogP contribution in [0.2, 0.25) is 0 Å². The summed E-state index contributed by atoms with van der Waals surface area (Å²) in [6, 6.07) is 12.0. The first-order valence-corrected chi connectivity index (χ1v) is 8.61. The lowest BCUT2D eigenvalue weighted by atomic mass is 10.1. The van der Waals surface area contributed by atoms with Crippen molar-refractivity contribution in [3.63, 3.8) is 0 Å². The van der Waals surface area contributed by atoms with Gasteiger partial charge >= 0.3 is 0 Å². The number of anilines is 2. The molecule has 0 radical (unpaired) electrons. The van der Waals surface area contributed by atoms with Gasteiger partial charge in [-0.1, -0.05) is 29.8 Å². The van der Waals surface area contributed by atoms with Crippen LogP contribution in [0.3, 0.4) is 0 Å². The Kier molecular flexibility index (Phi) is 4.62. The Hall–Kier alpha value is -2.62. The number of hydrogen-bond donors (Lipinski definition) is 1. The first kappa shape index (κ1) is 17.2. The normalized spacial score (nSPS) is 17.0. The predicted octanol–water partition coefficient (Wildman–Crippen LogP) is 3.91. The van der Waals surface area contributed by atoms with Gasteiger partial charge in [0.1, 0.15) is 0 Å². The van der Waals surface area contributed by atoms with Crippen molar-refractivity contribution in [1.82, 2.24) is 0 Å². The first-order valence-electron chi connectivity index (χ1n) is 8.61. The van der Waals surface area contributed by atoms with Gasteiger partial charge in [-0.05, 0) is 56.5 Å². The molecule has 1 atom stereocenters. The van der Waals surface area contributed by atoms with Crippen LogP contribution in [0.25, 0.3) is 0 Å².